The fourth-order valence-electron chi connectivity index (χ4n) is 1.94. The fourth-order valence-corrected chi connectivity index (χ4v) is 1.94. The van der Waals surface area contributed by atoms with Crippen LogP contribution >= 0.6 is 0 Å². The van der Waals surface area contributed by atoms with Gasteiger partial charge in [-0.15, -0.1) is 0 Å². The van der Waals surface area contributed by atoms with Gasteiger partial charge in [-0.1, -0.05) is 0 Å². The third-order valence-corrected chi connectivity index (χ3v) is 3.14. The molecule has 1 unspecified atom stereocenters. The zero-order valence-corrected chi connectivity index (χ0v) is 11.7. The third-order valence-electron chi connectivity index (χ3n) is 3.14. The number of anilines is 1. The van der Waals surface area contributed by atoms with Gasteiger partial charge in [-0.3, -0.25) is 0 Å². The summed E-state index contributed by atoms with van der Waals surface area (Å²) in [6.45, 7) is 3.66. The van der Waals surface area contributed by atoms with Crippen molar-refractivity contribution in [1.82, 2.24) is 5.32 Å². The van der Waals surface area contributed by atoms with Crippen molar-refractivity contribution < 1.29 is 9.13 Å². The highest BCUT2D eigenvalue weighted by Crippen LogP contribution is 2.26. The number of halogens is 1. The number of nitrogens with zero attached hydrogens (tertiary/aromatic N) is 1. The van der Waals surface area contributed by atoms with Crippen LogP contribution < -0.4 is 10.2 Å². The minimum absolute atomic E-state index is 0.126. The number of ether oxygens (including phenoxy) is 1. The Morgan fingerprint density at radius 1 is 1.44 bits per heavy atom. The molecule has 1 N–H and O–H groups in total. The Morgan fingerprint density at radius 3 is 2.78 bits per heavy atom. The Hall–Kier alpha value is -1.13. The molecule has 0 bridgehead atoms. The van der Waals surface area contributed by atoms with Crippen LogP contribution in [0.1, 0.15) is 24.9 Å². The second kappa shape index (κ2) is 7.34. The zero-order valence-electron chi connectivity index (χ0n) is 11.7. The van der Waals surface area contributed by atoms with E-state index in [0.29, 0.717) is 0 Å². The number of methoxy groups -OCH3 is 1. The van der Waals surface area contributed by atoms with Gasteiger partial charge in [-0.05, 0) is 44.2 Å². The van der Waals surface area contributed by atoms with Crippen LogP contribution in [0.3, 0.4) is 0 Å². The van der Waals surface area contributed by atoms with Crippen molar-refractivity contribution in [3.8, 4) is 0 Å². The second-order valence-electron chi connectivity index (χ2n) is 4.48. The fraction of sp³-hybridized carbons (Fsp3) is 0.571. The highest BCUT2D eigenvalue weighted by atomic mass is 19.1. The molecule has 1 aromatic carbocycles. The van der Waals surface area contributed by atoms with E-state index in [0.717, 1.165) is 30.8 Å². The van der Waals surface area contributed by atoms with Crippen LogP contribution in [0.25, 0.3) is 0 Å². The molecule has 0 aromatic heterocycles. The van der Waals surface area contributed by atoms with E-state index in [1.54, 1.807) is 13.2 Å². The molecule has 0 saturated carbocycles. The van der Waals surface area contributed by atoms with E-state index in [1.807, 2.05) is 27.1 Å². The van der Waals surface area contributed by atoms with Crippen LogP contribution in [0, 0.1) is 5.82 Å². The van der Waals surface area contributed by atoms with Gasteiger partial charge in [0.2, 0.25) is 0 Å². The van der Waals surface area contributed by atoms with Crippen LogP contribution in [-0.4, -0.2) is 34.4 Å². The molecule has 0 amide bonds. The summed E-state index contributed by atoms with van der Waals surface area (Å²) in [6.07, 6.45) is 0.956. The van der Waals surface area contributed by atoms with Crippen LogP contribution in [0.15, 0.2) is 18.2 Å². The number of rotatable bonds is 7. The molecular weight excluding hydrogens is 231 g/mol. The molecule has 1 rings (SSSR count). The van der Waals surface area contributed by atoms with Gasteiger partial charge in [0.05, 0.1) is 0 Å². The molecule has 1 atom stereocenters. The van der Waals surface area contributed by atoms with E-state index >= 15 is 0 Å². The summed E-state index contributed by atoms with van der Waals surface area (Å²) in [6, 6.07) is 5.07. The molecule has 0 radical (unpaired) electrons. The molecule has 102 valence electrons. The lowest BCUT2D eigenvalue weighted by Gasteiger charge is -2.25. The summed E-state index contributed by atoms with van der Waals surface area (Å²) < 4.78 is 18.4. The third kappa shape index (κ3) is 3.96. The molecule has 0 aliphatic heterocycles. The van der Waals surface area contributed by atoms with Crippen LogP contribution in [0.5, 0.6) is 0 Å². The van der Waals surface area contributed by atoms with Crippen molar-refractivity contribution in [1.29, 1.82) is 0 Å². The topological polar surface area (TPSA) is 24.5 Å². The van der Waals surface area contributed by atoms with Gasteiger partial charge in [-0.25, -0.2) is 4.39 Å². The van der Waals surface area contributed by atoms with Gasteiger partial charge in [-0.2, -0.15) is 0 Å². The van der Waals surface area contributed by atoms with E-state index in [2.05, 4.69) is 10.2 Å². The SMILES string of the molecule is CNC(C)c1cc(F)ccc1N(C)CCCOC. The summed E-state index contributed by atoms with van der Waals surface area (Å²) >= 11 is 0. The molecule has 0 saturated heterocycles. The zero-order chi connectivity index (χ0) is 13.5. The number of benzene rings is 1. The van der Waals surface area contributed by atoms with Gasteiger partial charge < -0.3 is 15.0 Å². The first-order valence-corrected chi connectivity index (χ1v) is 6.27. The van der Waals surface area contributed by atoms with Crippen molar-refractivity contribution in [2.75, 3.05) is 39.3 Å². The Kier molecular flexibility index (Phi) is 6.09. The molecular formula is C14H23FN2O. The molecule has 4 heteroatoms. The summed E-state index contributed by atoms with van der Waals surface area (Å²) in [7, 11) is 5.60. The quantitative estimate of drug-likeness (QED) is 0.757. The number of nitrogens with one attached hydrogen (secondary N) is 1. The molecule has 0 spiro atoms. The predicted octanol–water partition coefficient (Wildman–Crippen LogP) is 2.58. The van der Waals surface area contributed by atoms with Gasteiger partial charge >= 0.3 is 0 Å². The minimum atomic E-state index is -0.193. The normalized spacial score (nSPS) is 12.5. The molecule has 0 aliphatic carbocycles. The average Bonchev–Trinajstić information content (AvgIpc) is 2.37. The number of hydrogen-bond acceptors (Lipinski definition) is 3. The van der Waals surface area contributed by atoms with Crippen molar-refractivity contribution in [2.45, 2.75) is 19.4 Å². The number of hydrogen-bond donors (Lipinski definition) is 1. The van der Waals surface area contributed by atoms with Crippen LogP contribution in [-0.2, 0) is 4.74 Å². The van der Waals surface area contributed by atoms with Crippen molar-refractivity contribution in [2.24, 2.45) is 0 Å². The summed E-state index contributed by atoms with van der Waals surface area (Å²) in [4.78, 5) is 2.14. The smallest absolute Gasteiger partial charge is 0.123 e. The van der Waals surface area contributed by atoms with Gasteiger partial charge in [0, 0.05) is 39.0 Å². The molecule has 0 aliphatic rings. The average molecular weight is 254 g/mol. The lowest BCUT2D eigenvalue weighted by molar-refractivity contribution is 0.196. The Bertz CT molecular complexity index is 371. The van der Waals surface area contributed by atoms with Crippen molar-refractivity contribution in [3.63, 3.8) is 0 Å². The van der Waals surface area contributed by atoms with E-state index in [4.69, 9.17) is 4.74 Å². The van der Waals surface area contributed by atoms with Crippen molar-refractivity contribution >= 4 is 5.69 Å². The molecule has 1 aromatic rings. The first-order chi connectivity index (χ1) is 8.60. The summed E-state index contributed by atoms with van der Waals surface area (Å²) in [5.41, 5.74) is 2.05. The van der Waals surface area contributed by atoms with Crippen LogP contribution in [0.2, 0.25) is 0 Å². The maximum atomic E-state index is 13.3. The first kappa shape index (κ1) is 14.9. The molecule has 3 nitrogen and oxygen atoms in total. The van der Waals surface area contributed by atoms with Gasteiger partial charge in [0.15, 0.2) is 0 Å². The standard InChI is InChI=1S/C14H23FN2O/c1-11(16-2)13-10-12(15)6-7-14(13)17(3)8-5-9-18-4/h6-7,10-11,16H,5,8-9H2,1-4H3. The minimum Gasteiger partial charge on any atom is -0.385 e. The highest BCUT2D eigenvalue weighted by Gasteiger charge is 2.13. The van der Waals surface area contributed by atoms with Crippen molar-refractivity contribution in [3.05, 3.63) is 29.6 Å². The summed E-state index contributed by atoms with van der Waals surface area (Å²) in [5.74, 6) is -0.193. The van der Waals surface area contributed by atoms with E-state index in [1.165, 1.54) is 6.07 Å². The molecule has 0 heterocycles. The largest absolute Gasteiger partial charge is 0.385 e. The summed E-state index contributed by atoms with van der Waals surface area (Å²) in [5, 5.41) is 3.15. The maximum absolute atomic E-state index is 13.3. The Morgan fingerprint density at radius 2 is 2.17 bits per heavy atom. The lowest BCUT2D eigenvalue weighted by Crippen LogP contribution is -2.23. The second-order valence-corrected chi connectivity index (χ2v) is 4.48. The van der Waals surface area contributed by atoms with Gasteiger partial charge in [0.25, 0.3) is 0 Å². The highest BCUT2D eigenvalue weighted by molar-refractivity contribution is 5.54. The lowest BCUT2D eigenvalue weighted by atomic mass is 10.0. The monoisotopic (exact) mass is 254 g/mol. The molecule has 18 heavy (non-hydrogen) atoms. The predicted molar refractivity (Wildman–Crippen MR) is 73.6 cm³/mol. The van der Waals surface area contributed by atoms with E-state index in [9.17, 15) is 4.39 Å². The van der Waals surface area contributed by atoms with E-state index < -0.39 is 0 Å². The maximum Gasteiger partial charge on any atom is 0.123 e. The Balaban J connectivity index is 2.85. The van der Waals surface area contributed by atoms with Crippen LogP contribution in [0.4, 0.5) is 10.1 Å². The Labute approximate surface area is 109 Å². The van der Waals surface area contributed by atoms with E-state index in [-0.39, 0.29) is 11.9 Å². The van der Waals surface area contributed by atoms with Gasteiger partial charge in [0.1, 0.15) is 5.82 Å². The first-order valence-electron chi connectivity index (χ1n) is 6.27. The molecule has 0 fully saturated rings.